The van der Waals surface area contributed by atoms with Crippen molar-refractivity contribution in [1.82, 2.24) is 4.90 Å². The monoisotopic (exact) mass is 812 g/mol. The van der Waals surface area contributed by atoms with E-state index >= 15 is 0 Å². The van der Waals surface area contributed by atoms with Crippen LogP contribution in [0, 0.1) is 0 Å². The summed E-state index contributed by atoms with van der Waals surface area (Å²) in [4.78, 5) is 22.3. The van der Waals surface area contributed by atoms with Gasteiger partial charge in [-0.1, -0.05) is 124 Å². The zero-order valence-corrected chi connectivity index (χ0v) is 35.7. The van der Waals surface area contributed by atoms with Crippen LogP contribution in [0.1, 0.15) is 61.7 Å². The second kappa shape index (κ2) is 13.5. The summed E-state index contributed by atoms with van der Waals surface area (Å²) in [6, 6.07) is 49.5. The molecule has 1 saturated heterocycles. The Labute approximate surface area is 352 Å². The van der Waals surface area contributed by atoms with Crippen molar-refractivity contribution in [2.24, 2.45) is 0 Å². The average Bonchev–Trinajstić information content (AvgIpc) is 4.03. The van der Waals surface area contributed by atoms with Gasteiger partial charge in [0.15, 0.2) is 0 Å². The molecular formula is C50H40N2OS4. The number of thiophene rings is 2. The lowest BCUT2D eigenvalue weighted by Crippen LogP contribution is -2.27. The highest BCUT2D eigenvalue weighted by atomic mass is 32.2. The molecule has 2 aliphatic carbocycles. The fourth-order valence-electron chi connectivity index (χ4n) is 8.97. The van der Waals surface area contributed by atoms with Gasteiger partial charge in [0.05, 0.1) is 4.91 Å². The Morgan fingerprint density at radius 3 is 1.68 bits per heavy atom. The minimum absolute atomic E-state index is 0.000891. The lowest BCUT2D eigenvalue weighted by Gasteiger charge is -2.30. The summed E-state index contributed by atoms with van der Waals surface area (Å²) in [7, 11) is 0. The number of anilines is 3. The van der Waals surface area contributed by atoms with Gasteiger partial charge in [0.2, 0.25) is 0 Å². The van der Waals surface area contributed by atoms with Crippen molar-refractivity contribution in [3.05, 3.63) is 165 Å². The Morgan fingerprint density at radius 2 is 1.11 bits per heavy atom. The molecule has 10 rings (SSSR count). The predicted octanol–water partition coefficient (Wildman–Crippen LogP) is 14.4. The molecule has 0 saturated carbocycles. The van der Waals surface area contributed by atoms with Crippen molar-refractivity contribution in [2.75, 3.05) is 11.4 Å². The molecule has 0 atom stereocenters. The fourth-order valence-corrected chi connectivity index (χ4v) is 12.5. The summed E-state index contributed by atoms with van der Waals surface area (Å²) in [6.45, 7) is 12.0. The van der Waals surface area contributed by atoms with Crippen LogP contribution in [-0.4, -0.2) is 21.7 Å². The Kier molecular flexibility index (Phi) is 8.61. The van der Waals surface area contributed by atoms with E-state index in [9.17, 15) is 4.79 Å². The molecule has 3 aliphatic rings. The normalized spacial score (nSPS) is 16.5. The molecule has 5 aromatic carbocycles. The zero-order chi connectivity index (χ0) is 39.2. The van der Waals surface area contributed by atoms with Crippen LogP contribution in [-0.2, 0) is 15.6 Å². The van der Waals surface area contributed by atoms with Crippen molar-refractivity contribution in [1.29, 1.82) is 0 Å². The molecule has 0 unspecified atom stereocenters. The van der Waals surface area contributed by atoms with Crippen LogP contribution in [0.3, 0.4) is 0 Å². The summed E-state index contributed by atoms with van der Waals surface area (Å²) in [6.07, 6.45) is 1.98. The molecule has 1 aliphatic heterocycles. The van der Waals surface area contributed by atoms with Gasteiger partial charge >= 0.3 is 0 Å². The number of carbonyl (C=O) groups excluding carboxylic acids is 1. The number of hydrogen-bond acceptors (Lipinski definition) is 6. The van der Waals surface area contributed by atoms with Crippen LogP contribution in [0.4, 0.5) is 17.1 Å². The first-order valence-electron chi connectivity index (χ1n) is 19.4. The smallest absolute Gasteiger partial charge is 0.266 e. The summed E-state index contributed by atoms with van der Waals surface area (Å²) in [5.74, 6) is -0.000891. The minimum Gasteiger partial charge on any atom is -0.310 e. The van der Waals surface area contributed by atoms with Gasteiger partial charge in [-0.05, 0) is 124 Å². The van der Waals surface area contributed by atoms with Crippen molar-refractivity contribution >= 4 is 80.0 Å². The molecule has 1 fully saturated rings. The molecule has 3 heterocycles. The molecule has 3 nitrogen and oxygen atoms in total. The molecule has 0 spiro atoms. The van der Waals surface area contributed by atoms with Crippen molar-refractivity contribution in [2.45, 2.75) is 45.4 Å². The van der Waals surface area contributed by atoms with Crippen molar-refractivity contribution in [3.8, 4) is 42.4 Å². The van der Waals surface area contributed by atoms with Crippen LogP contribution in [0.2, 0.25) is 0 Å². The summed E-state index contributed by atoms with van der Waals surface area (Å²) < 4.78 is 0.631. The number of thioether (sulfide) groups is 1. The largest absolute Gasteiger partial charge is 0.310 e. The van der Waals surface area contributed by atoms with Crippen LogP contribution < -0.4 is 4.90 Å². The Balaban J connectivity index is 1.00. The topological polar surface area (TPSA) is 23.6 Å². The molecule has 280 valence electrons. The number of amides is 1. The molecule has 0 radical (unpaired) electrons. The standard InChI is InChI=1S/C50H40N2OS4/c1-6-51-47(53)46(57-48(51)54)29-34-21-24-44(55-34)45-26-25-43(56-45)30-15-17-31(18-16-30)52(32-19-22-37-35-11-7-9-13-39(35)49(2,3)41(37)27-32)33-20-23-38-36-12-8-10-14-40(36)50(4,5)42(38)28-33/h7-29H,6H2,1-5H3/b46-29-. The number of rotatable bonds is 7. The van der Waals surface area contributed by atoms with E-state index in [0.717, 1.165) is 21.9 Å². The third-order valence-corrected chi connectivity index (χ3v) is 15.7. The van der Waals surface area contributed by atoms with E-state index in [1.165, 1.54) is 76.5 Å². The summed E-state index contributed by atoms with van der Waals surface area (Å²) in [5, 5.41) is 0. The Bertz CT molecular complexity index is 2710. The molecule has 1 amide bonds. The Morgan fingerprint density at radius 1 is 0.596 bits per heavy atom. The van der Waals surface area contributed by atoms with E-state index in [1.54, 1.807) is 27.6 Å². The molecule has 7 aromatic rings. The maximum atomic E-state index is 12.8. The van der Waals surface area contributed by atoms with Crippen LogP contribution >= 0.6 is 46.7 Å². The number of likely N-dealkylation sites (N-methyl/N-ethyl adjacent to an activating group) is 1. The van der Waals surface area contributed by atoms with Crippen molar-refractivity contribution < 1.29 is 4.79 Å². The number of fused-ring (bicyclic) bond motifs is 6. The Hall–Kier alpha value is -5.05. The van der Waals surface area contributed by atoms with Gasteiger partial charge in [-0.25, -0.2) is 0 Å². The van der Waals surface area contributed by atoms with Crippen LogP contribution in [0.25, 0.3) is 48.5 Å². The first kappa shape index (κ1) is 36.3. The highest BCUT2D eigenvalue weighted by Crippen LogP contribution is 2.53. The van der Waals surface area contributed by atoms with E-state index in [1.807, 2.05) is 13.0 Å². The van der Waals surface area contributed by atoms with E-state index in [-0.39, 0.29) is 16.7 Å². The SMILES string of the molecule is CCN1C(=O)/C(=C/c2ccc(-c3ccc(-c4ccc(N(c5ccc6c(c5)C(C)(C)c5ccccc5-6)c5ccc6c(c5)C(C)(C)c5ccccc5-6)cc4)s3)s2)SC1=S. The van der Waals surface area contributed by atoms with Gasteiger partial charge in [-0.2, -0.15) is 0 Å². The minimum atomic E-state index is -0.104. The number of hydrogen-bond donors (Lipinski definition) is 0. The number of carbonyl (C=O) groups is 1. The molecular weight excluding hydrogens is 773 g/mol. The summed E-state index contributed by atoms with van der Waals surface area (Å²) in [5.41, 5.74) is 15.2. The zero-order valence-electron chi connectivity index (χ0n) is 32.4. The third-order valence-electron chi connectivity index (χ3n) is 12.0. The molecule has 57 heavy (non-hydrogen) atoms. The fraction of sp³-hybridized carbons (Fsp3) is 0.160. The maximum Gasteiger partial charge on any atom is 0.266 e. The van der Waals surface area contributed by atoms with Crippen molar-refractivity contribution in [3.63, 3.8) is 0 Å². The van der Waals surface area contributed by atoms with E-state index in [4.69, 9.17) is 12.2 Å². The third kappa shape index (κ3) is 5.81. The van der Waals surface area contributed by atoms with Gasteiger partial charge in [-0.15, -0.1) is 22.7 Å². The van der Waals surface area contributed by atoms with Gasteiger partial charge in [-0.3, -0.25) is 9.69 Å². The highest BCUT2D eigenvalue weighted by molar-refractivity contribution is 8.26. The first-order valence-corrected chi connectivity index (χ1v) is 22.2. The van der Waals surface area contributed by atoms with Crippen LogP contribution in [0.5, 0.6) is 0 Å². The number of thiocarbonyl (C=S) groups is 1. The van der Waals surface area contributed by atoms with E-state index in [2.05, 4.69) is 166 Å². The predicted molar refractivity (Wildman–Crippen MR) is 248 cm³/mol. The molecule has 0 bridgehead atoms. The molecule has 2 aromatic heterocycles. The lowest BCUT2D eigenvalue weighted by molar-refractivity contribution is -0.121. The van der Waals surface area contributed by atoms with E-state index < -0.39 is 0 Å². The quantitative estimate of drug-likeness (QED) is 0.118. The second-order valence-corrected chi connectivity index (χ2v) is 19.9. The molecule has 7 heteroatoms. The van der Waals surface area contributed by atoms with E-state index in [0.29, 0.717) is 15.8 Å². The van der Waals surface area contributed by atoms with Gasteiger partial charge < -0.3 is 4.90 Å². The van der Waals surface area contributed by atoms with Gasteiger partial charge in [0.25, 0.3) is 5.91 Å². The number of benzene rings is 5. The van der Waals surface area contributed by atoms with Gasteiger partial charge in [0.1, 0.15) is 4.32 Å². The van der Waals surface area contributed by atoms with Crippen LogP contribution in [0.15, 0.2) is 138 Å². The maximum absolute atomic E-state index is 12.8. The highest BCUT2D eigenvalue weighted by Gasteiger charge is 2.38. The lowest BCUT2D eigenvalue weighted by atomic mass is 9.82. The number of nitrogens with zero attached hydrogens (tertiary/aromatic N) is 2. The first-order chi connectivity index (χ1) is 27.5. The molecule has 0 N–H and O–H groups in total. The summed E-state index contributed by atoms with van der Waals surface area (Å²) >= 11 is 10.3. The second-order valence-electron chi connectivity index (χ2n) is 16.0. The average molecular weight is 813 g/mol. The van der Waals surface area contributed by atoms with Gasteiger partial charge in [0, 0.05) is 53.9 Å².